The van der Waals surface area contributed by atoms with Crippen LogP contribution in [0.15, 0.2) is 24.3 Å². The van der Waals surface area contributed by atoms with Crippen LogP contribution in [0.25, 0.3) is 11.2 Å². The van der Waals surface area contributed by atoms with Gasteiger partial charge < -0.3 is 25.2 Å². The fourth-order valence-corrected chi connectivity index (χ4v) is 2.84. The lowest BCUT2D eigenvalue weighted by molar-refractivity contribution is -0.0425. The highest BCUT2D eigenvalue weighted by molar-refractivity contribution is 6.28. The number of anilines is 1. The van der Waals surface area contributed by atoms with E-state index in [1.165, 1.54) is 0 Å². The summed E-state index contributed by atoms with van der Waals surface area (Å²) in [7, 11) is 1.70. The average Bonchev–Trinajstić information content (AvgIpc) is 2.93. The minimum Gasteiger partial charge on any atom is -0.385 e. The van der Waals surface area contributed by atoms with Gasteiger partial charge in [-0.1, -0.05) is 18.2 Å². The lowest BCUT2D eigenvalue weighted by atomic mass is 10.1. The first-order valence-corrected chi connectivity index (χ1v) is 8.03. The molecule has 2 heterocycles. The van der Waals surface area contributed by atoms with Crippen LogP contribution in [0.3, 0.4) is 0 Å². The molecule has 0 fully saturated rings. The van der Waals surface area contributed by atoms with Gasteiger partial charge >= 0.3 is 0 Å². The maximum absolute atomic E-state index is 10.1. The SMILES string of the molecule is CNc1nc(Cl)nc2c1nc(C(C)O)n2Cc1cccc(C(O)O)c1. The molecule has 3 aromatic rings. The van der Waals surface area contributed by atoms with Crippen molar-refractivity contribution in [2.75, 3.05) is 12.4 Å². The van der Waals surface area contributed by atoms with E-state index in [0.717, 1.165) is 5.56 Å². The monoisotopic (exact) mass is 363 g/mol. The van der Waals surface area contributed by atoms with Crippen LogP contribution >= 0.6 is 11.6 Å². The van der Waals surface area contributed by atoms with Crippen LogP contribution in [-0.2, 0) is 6.54 Å². The molecule has 8 nitrogen and oxygen atoms in total. The van der Waals surface area contributed by atoms with E-state index in [9.17, 15) is 15.3 Å². The molecule has 25 heavy (non-hydrogen) atoms. The Morgan fingerprint density at radius 2 is 1.96 bits per heavy atom. The molecule has 0 aliphatic heterocycles. The molecule has 1 unspecified atom stereocenters. The molecule has 0 radical (unpaired) electrons. The number of aliphatic hydroxyl groups is 3. The fourth-order valence-electron chi connectivity index (χ4n) is 2.67. The van der Waals surface area contributed by atoms with Gasteiger partial charge in [-0.3, -0.25) is 0 Å². The molecule has 0 aliphatic rings. The summed E-state index contributed by atoms with van der Waals surface area (Å²) in [5, 5.41) is 31.8. The molecule has 0 aliphatic carbocycles. The van der Waals surface area contributed by atoms with Crippen LogP contribution in [-0.4, -0.2) is 41.9 Å². The van der Waals surface area contributed by atoms with Gasteiger partial charge in [-0.15, -0.1) is 0 Å². The Hall–Kier alpha value is -2.26. The summed E-state index contributed by atoms with van der Waals surface area (Å²) >= 11 is 6.00. The second kappa shape index (κ2) is 6.93. The quantitative estimate of drug-likeness (QED) is 0.402. The lowest BCUT2D eigenvalue weighted by Gasteiger charge is -2.12. The predicted octanol–water partition coefficient (Wildman–Crippen LogP) is 1.61. The molecule has 132 valence electrons. The molecule has 1 aromatic carbocycles. The maximum atomic E-state index is 10.1. The van der Waals surface area contributed by atoms with E-state index < -0.39 is 12.4 Å². The topological polar surface area (TPSA) is 116 Å². The molecular formula is C16H18ClN5O3. The van der Waals surface area contributed by atoms with Gasteiger partial charge in [0.25, 0.3) is 0 Å². The third-order valence-corrected chi connectivity index (χ3v) is 3.97. The van der Waals surface area contributed by atoms with Crippen LogP contribution in [0.4, 0.5) is 5.82 Å². The third-order valence-electron chi connectivity index (χ3n) is 3.80. The van der Waals surface area contributed by atoms with Crippen LogP contribution in [0.1, 0.15) is 36.3 Å². The lowest BCUT2D eigenvalue weighted by Crippen LogP contribution is -2.09. The molecule has 0 saturated heterocycles. The van der Waals surface area contributed by atoms with Gasteiger partial charge in [-0.2, -0.15) is 9.97 Å². The molecule has 0 spiro atoms. The highest BCUT2D eigenvalue weighted by atomic mass is 35.5. The smallest absolute Gasteiger partial charge is 0.226 e. The van der Waals surface area contributed by atoms with Crippen LogP contribution in [0, 0.1) is 0 Å². The van der Waals surface area contributed by atoms with Crippen LogP contribution in [0.5, 0.6) is 0 Å². The number of imidazole rings is 1. The number of fused-ring (bicyclic) bond motifs is 1. The van der Waals surface area contributed by atoms with E-state index in [1.807, 2.05) is 6.07 Å². The standard InChI is InChI=1S/C16H18ClN5O3/c1-8(23)13-19-11-12(18-2)20-16(17)21-14(11)22(13)7-9-4-3-5-10(6-9)15(24)25/h3-6,8,15,23-25H,7H2,1-2H3,(H,18,20,21). The molecule has 0 saturated carbocycles. The highest BCUT2D eigenvalue weighted by Crippen LogP contribution is 2.26. The molecule has 3 rings (SSSR count). The Balaban J connectivity index is 2.15. The summed E-state index contributed by atoms with van der Waals surface area (Å²) in [5.74, 6) is 0.883. The van der Waals surface area contributed by atoms with Crippen molar-refractivity contribution in [1.29, 1.82) is 0 Å². The Morgan fingerprint density at radius 1 is 1.20 bits per heavy atom. The molecule has 9 heteroatoms. The second-order valence-corrected chi connectivity index (χ2v) is 5.95. The Labute approximate surface area is 148 Å². The summed E-state index contributed by atoms with van der Waals surface area (Å²) in [6, 6.07) is 6.86. The number of aromatic nitrogens is 4. The van der Waals surface area contributed by atoms with Gasteiger partial charge in [0.15, 0.2) is 23.3 Å². The first-order chi connectivity index (χ1) is 11.9. The van der Waals surface area contributed by atoms with Gasteiger partial charge in [0.2, 0.25) is 5.28 Å². The first-order valence-electron chi connectivity index (χ1n) is 7.65. The number of rotatable bonds is 5. The van der Waals surface area contributed by atoms with Crippen molar-refractivity contribution in [3.8, 4) is 0 Å². The second-order valence-electron chi connectivity index (χ2n) is 5.61. The van der Waals surface area contributed by atoms with Crippen molar-refractivity contribution >= 4 is 28.6 Å². The number of hydrogen-bond donors (Lipinski definition) is 4. The number of halogens is 1. The number of aliphatic hydroxyl groups excluding tert-OH is 2. The van der Waals surface area contributed by atoms with Crippen molar-refractivity contribution < 1.29 is 15.3 Å². The summed E-state index contributed by atoms with van der Waals surface area (Å²) < 4.78 is 1.73. The zero-order valence-corrected chi connectivity index (χ0v) is 14.4. The normalized spacial score (nSPS) is 12.8. The fraction of sp³-hybridized carbons (Fsp3) is 0.312. The van der Waals surface area contributed by atoms with Crippen molar-refractivity contribution in [2.24, 2.45) is 0 Å². The predicted molar refractivity (Wildman–Crippen MR) is 93.2 cm³/mol. The highest BCUT2D eigenvalue weighted by Gasteiger charge is 2.20. The molecule has 0 bridgehead atoms. The summed E-state index contributed by atoms with van der Waals surface area (Å²) in [5.41, 5.74) is 2.16. The molecule has 4 N–H and O–H groups in total. The van der Waals surface area contributed by atoms with Gasteiger partial charge in [0.05, 0.1) is 6.54 Å². The Morgan fingerprint density at radius 3 is 2.60 bits per heavy atom. The van der Waals surface area contributed by atoms with Crippen molar-refractivity contribution in [3.05, 3.63) is 46.5 Å². The van der Waals surface area contributed by atoms with Gasteiger partial charge in [-0.05, 0) is 30.2 Å². The number of benzene rings is 1. The van der Waals surface area contributed by atoms with Gasteiger partial charge in [0, 0.05) is 12.6 Å². The van der Waals surface area contributed by atoms with Crippen molar-refractivity contribution in [3.63, 3.8) is 0 Å². The number of nitrogens with one attached hydrogen (secondary N) is 1. The van der Waals surface area contributed by atoms with Crippen LogP contribution < -0.4 is 5.32 Å². The van der Waals surface area contributed by atoms with E-state index in [0.29, 0.717) is 34.9 Å². The minimum absolute atomic E-state index is 0.0645. The largest absolute Gasteiger partial charge is 0.385 e. The zero-order valence-electron chi connectivity index (χ0n) is 13.7. The first kappa shape index (κ1) is 17.6. The Bertz CT molecular complexity index is 910. The van der Waals surface area contributed by atoms with Crippen molar-refractivity contribution in [2.45, 2.75) is 25.9 Å². The van der Waals surface area contributed by atoms with Crippen molar-refractivity contribution in [1.82, 2.24) is 19.5 Å². The van der Waals surface area contributed by atoms with E-state index in [4.69, 9.17) is 11.6 Å². The Kier molecular flexibility index (Phi) is 4.87. The van der Waals surface area contributed by atoms with E-state index in [2.05, 4.69) is 20.3 Å². The summed E-state index contributed by atoms with van der Waals surface area (Å²) in [6.07, 6.45) is -2.38. The van der Waals surface area contributed by atoms with E-state index in [1.54, 1.807) is 36.7 Å². The number of hydrogen-bond acceptors (Lipinski definition) is 7. The average molecular weight is 364 g/mol. The molecular weight excluding hydrogens is 346 g/mol. The van der Waals surface area contributed by atoms with Gasteiger partial charge in [0.1, 0.15) is 11.9 Å². The summed E-state index contributed by atoms with van der Waals surface area (Å²) in [4.78, 5) is 12.8. The zero-order chi connectivity index (χ0) is 18.1. The van der Waals surface area contributed by atoms with E-state index in [-0.39, 0.29) is 5.28 Å². The van der Waals surface area contributed by atoms with Crippen LogP contribution in [0.2, 0.25) is 5.28 Å². The number of nitrogens with zero attached hydrogens (tertiary/aromatic N) is 4. The van der Waals surface area contributed by atoms with Gasteiger partial charge in [-0.25, -0.2) is 4.98 Å². The minimum atomic E-state index is -1.55. The maximum Gasteiger partial charge on any atom is 0.226 e. The molecule has 0 amide bonds. The summed E-state index contributed by atoms with van der Waals surface area (Å²) in [6.45, 7) is 1.94. The third kappa shape index (κ3) is 3.42. The van der Waals surface area contributed by atoms with E-state index >= 15 is 0 Å². The molecule has 1 atom stereocenters. The molecule has 2 aromatic heterocycles.